The average Bonchev–Trinajstić information content (AvgIpc) is 2.97. The highest BCUT2D eigenvalue weighted by molar-refractivity contribution is 6.11. The average molecular weight is 383 g/mol. The lowest BCUT2D eigenvalue weighted by Gasteiger charge is -2.21. The third-order valence-electron chi connectivity index (χ3n) is 7.26. The Kier molecular flexibility index (Phi) is 4.61. The van der Waals surface area contributed by atoms with Crippen LogP contribution in [0.1, 0.15) is 61.3 Å². The zero-order chi connectivity index (χ0) is 20.1. The van der Waals surface area contributed by atoms with Crippen molar-refractivity contribution in [1.29, 1.82) is 0 Å². The molecule has 0 radical (unpaired) electrons. The summed E-state index contributed by atoms with van der Waals surface area (Å²) >= 11 is 0. The number of carbonyl (C=O) groups is 2. The second-order valence-electron chi connectivity index (χ2n) is 9.36. The summed E-state index contributed by atoms with van der Waals surface area (Å²) in [6.45, 7) is 10.5. The van der Waals surface area contributed by atoms with Gasteiger partial charge in [0.2, 0.25) is 0 Å². The predicted molar refractivity (Wildman–Crippen MR) is 108 cm³/mol. The van der Waals surface area contributed by atoms with Crippen LogP contribution in [-0.2, 0) is 9.47 Å². The number of esters is 1. The number of ketones is 1. The Labute approximate surface area is 165 Å². The molecule has 0 spiro atoms. The predicted octanol–water partition coefficient (Wildman–Crippen LogP) is 4.62. The molecule has 1 aliphatic heterocycles. The number of ether oxygens (including phenoxy) is 2. The summed E-state index contributed by atoms with van der Waals surface area (Å²) in [6.07, 6.45) is 3.63. The maximum atomic E-state index is 13.2. The van der Waals surface area contributed by atoms with Crippen LogP contribution in [-0.4, -0.2) is 36.6 Å². The van der Waals surface area contributed by atoms with Crippen molar-refractivity contribution in [2.45, 2.75) is 40.5 Å². The molecule has 1 saturated carbocycles. The van der Waals surface area contributed by atoms with E-state index in [0.717, 1.165) is 37.0 Å². The minimum Gasteiger partial charge on any atom is -0.462 e. The van der Waals surface area contributed by atoms with Gasteiger partial charge in [-0.05, 0) is 47.8 Å². The third-order valence-corrected chi connectivity index (χ3v) is 7.26. The molecule has 0 bridgehead atoms. The van der Waals surface area contributed by atoms with Gasteiger partial charge in [-0.1, -0.05) is 27.7 Å². The summed E-state index contributed by atoms with van der Waals surface area (Å²) in [7, 11) is 0. The van der Waals surface area contributed by atoms with E-state index in [1.165, 1.54) is 0 Å². The van der Waals surface area contributed by atoms with Crippen molar-refractivity contribution in [1.82, 2.24) is 4.98 Å². The van der Waals surface area contributed by atoms with Crippen LogP contribution in [0, 0.1) is 22.7 Å². The number of H-pyrrole nitrogens is 1. The number of carbonyl (C=O) groups excluding carboxylic acids is 2. The Bertz CT molecular complexity index is 904. The fourth-order valence-electron chi connectivity index (χ4n) is 4.65. The number of rotatable bonds is 5. The molecule has 5 nitrogen and oxygen atoms in total. The van der Waals surface area contributed by atoms with Crippen molar-refractivity contribution >= 4 is 22.7 Å². The quantitative estimate of drug-likeness (QED) is 0.604. The van der Waals surface area contributed by atoms with Crippen LogP contribution in [0.3, 0.4) is 0 Å². The van der Waals surface area contributed by atoms with Crippen molar-refractivity contribution in [2.24, 2.45) is 22.7 Å². The number of aromatic amines is 1. The molecule has 2 heterocycles. The largest absolute Gasteiger partial charge is 0.462 e. The smallest absolute Gasteiger partial charge is 0.338 e. The highest BCUT2D eigenvalue weighted by atomic mass is 16.5. The topological polar surface area (TPSA) is 68.4 Å². The first-order valence-corrected chi connectivity index (χ1v) is 10.1. The van der Waals surface area contributed by atoms with Gasteiger partial charge in [0, 0.05) is 41.8 Å². The van der Waals surface area contributed by atoms with Crippen molar-refractivity contribution in [2.75, 3.05) is 19.8 Å². The Hall–Kier alpha value is -2.14. The summed E-state index contributed by atoms with van der Waals surface area (Å²) in [5, 5.41) is 0.795. The standard InChI is InChI=1S/C23H29NO4/c1-22(2)20(23(22,3)4)19(25)17-12-24-18-6-5-15(11-16(17)18)21(26)28-13-14-7-9-27-10-8-14/h5-6,11-12,14,20,24H,7-10,13H2,1-4H3. The SMILES string of the molecule is CC1(C)C(C(=O)c2c[nH]c3ccc(C(=O)OCC4CCOCC4)cc23)C1(C)C. The van der Waals surface area contributed by atoms with Crippen molar-refractivity contribution < 1.29 is 19.1 Å². The van der Waals surface area contributed by atoms with E-state index in [-0.39, 0.29) is 28.5 Å². The Morgan fingerprint density at radius 1 is 1.14 bits per heavy atom. The molecule has 1 saturated heterocycles. The number of hydrogen-bond donors (Lipinski definition) is 1. The Morgan fingerprint density at radius 3 is 2.46 bits per heavy atom. The van der Waals surface area contributed by atoms with Gasteiger partial charge < -0.3 is 14.5 Å². The van der Waals surface area contributed by atoms with E-state index < -0.39 is 0 Å². The molecule has 1 aromatic carbocycles. The van der Waals surface area contributed by atoms with Crippen LogP contribution in [0.2, 0.25) is 0 Å². The molecule has 4 rings (SSSR count). The zero-order valence-corrected chi connectivity index (χ0v) is 17.1. The van der Waals surface area contributed by atoms with Crippen molar-refractivity contribution in [3.63, 3.8) is 0 Å². The molecule has 1 aliphatic carbocycles. The van der Waals surface area contributed by atoms with Crippen LogP contribution < -0.4 is 0 Å². The Morgan fingerprint density at radius 2 is 1.82 bits per heavy atom. The normalized spacial score (nSPS) is 21.6. The second kappa shape index (κ2) is 6.73. The van der Waals surface area contributed by atoms with Gasteiger partial charge in [-0.15, -0.1) is 0 Å². The molecule has 1 aromatic heterocycles. The van der Waals surface area contributed by atoms with Gasteiger partial charge in [0.15, 0.2) is 5.78 Å². The summed E-state index contributed by atoms with van der Waals surface area (Å²) in [5.74, 6) is 0.169. The summed E-state index contributed by atoms with van der Waals surface area (Å²) in [6, 6.07) is 5.39. The first-order valence-electron chi connectivity index (χ1n) is 10.1. The highest BCUT2D eigenvalue weighted by Crippen LogP contribution is 2.69. The van der Waals surface area contributed by atoms with E-state index in [1.807, 2.05) is 6.07 Å². The van der Waals surface area contributed by atoms with E-state index in [2.05, 4.69) is 32.7 Å². The summed E-state index contributed by atoms with van der Waals surface area (Å²) in [4.78, 5) is 28.9. The fourth-order valence-corrected chi connectivity index (χ4v) is 4.65. The van der Waals surface area contributed by atoms with Crippen molar-refractivity contribution in [3.8, 4) is 0 Å². The van der Waals surface area contributed by atoms with E-state index in [4.69, 9.17) is 9.47 Å². The molecule has 2 aromatic rings. The van der Waals surface area contributed by atoms with Crippen LogP contribution in [0.4, 0.5) is 0 Å². The Balaban J connectivity index is 1.53. The number of aromatic nitrogens is 1. The van der Waals surface area contributed by atoms with Gasteiger partial charge in [0.1, 0.15) is 0 Å². The van der Waals surface area contributed by atoms with Gasteiger partial charge >= 0.3 is 5.97 Å². The van der Waals surface area contributed by atoms with Crippen LogP contribution >= 0.6 is 0 Å². The zero-order valence-electron chi connectivity index (χ0n) is 17.1. The molecule has 2 fully saturated rings. The van der Waals surface area contributed by atoms with Crippen LogP contribution in [0.15, 0.2) is 24.4 Å². The molecule has 0 unspecified atom stereocenters. The lowest BCUT2D eigenvalue weighted by atomic mass is 9.99. The maximum Gasteiger partial charge on any atom is 0.338 e. The van der Waals surface area contributed by atoms with Gasteiger partial charge in [0.05, 0.1) is 12.2 Å². The molecule has 150 valence electrons. The maximum absolute atomic E-state index is 13.2. The lowest BCUT2D eigenvalue weighted by molar-refractivity contribution is 0.0185. The molecule has 1 N–H and O–H groups in total. The van der Waals surface area contributed by atoms with Gasteiger partial charge in [0.25, 0.3) is 0 Å². The first kappa shape index (κ1) is 19.2. The first-order chi connectivity index (χ1) is 13.2. The molecule has 2 aliphatic rings. The number of nitrogens with one attached hydrogen (secondary N) is 1. The monoisotopic (exact) mass is 383 g/mol. The van der Waals surface area contributed by atoms with Crippen LogP contribution in [0.5, 0.6) is 0 Å². The lowest BCUT2D eigenvalue weighted by Crippen LogP contribution is -2.21. The minimum absolute atomic E-state index is 0.0110. The summed E-state index contributed by atoms with van der Waals surface area (Å²) in [5.41, 5.74) is 1.97. The number of benzene rings is 1. The molecule has 5 heteroatoms. The van der Waals surface area contributed by atoms with E-state index in [0.29, 0.717) is 23.7 Å². The fraction of sp³-hybridized carbons (Fsp3) is 0.565. The molecule has 0 amide bonds. The molecule has 28 heavy (non-hydrogen) atoms. The molecular weight excluding hydrogens is 354 g/mol. The number of hydrogen-bond acceptors (Lipinski definition) is 4. The second-order valence-corrected chi connectivity index (χ2v) is 9.36. The van der Waals surface area contributed by atoms with Gasteiger partial charge in [-0.2, -0.15) is 0 Å². The van der Waals surface area contributed by atoms with E-state index in [9.17, 15) is 9.59 Å². The van der Waals surface area contributed by atoms with Crippen molar-refractivity contribution in [3.05, 3.63) is 35.5 Å². The molecular formula is C23H29NO4. The summed E-state index contributed by atoms with van der Waals surface area (Å²) < 4.78 is 10.9. The van der Waals surface area contributed by atoms with Gasteiger partial charge in [-0.3, -0.25) is 4.79 Å². The number of fused-ring (bicyclic) bond motifs is 1. The van der Waals surface area contributed by atoms with E-state index in [1.54, 1.807) is 18.3 Å². The van der Waals surface area contributed by atoms with Gasteiger partial charge in [-0.25, -0.2) is 4.79 Å². The molecule has 0 atom stereocenters. The number of Topliss-reactive ketones (excluding diaryl/α,β-unsaturated/α-hetero) is 1. The highest BCUT2D eigenvalue weighted by Gasteiger charge is 2.68. The third kappa shape index (κ3) is 3.06. The van der Waals surface area contributed by atoms with Crippen LogP contribution in [0.25, 0.3) is 10.9 Å². The van der Waals surface area contributed by atoms with E-state index >= 15 is 0 Å². The minimum atomic E-state index is -0.333.